The van der Waals surface area contributed by atoms with Gasteiger partial charge in [0.25, 0.3) is 5.91 Å². The molecular weight excluding hydrogens is 364 g/mol. The summed E-state index contributed by atoms with van der Waals surface area (Å²) in [7, 11) is 1.57. The molecule has 0 bridgehead atoms. The van der Waals surface area contributed by atoms with Crippen LogP contribution in [0.3, 0.4) is 0 Å². The number of ether oxygens (including phenoxy) is 2. The number of rotatable bonds is 11. The summed E-state index contributed by atoms with van der Waals surface area (Å²) in [5.74, 6) is 0.830. The number of carbonyl (C=O) groups is 1. The number of amides is 1. The van der Waals surface area contributed by atoms with Crippen molar-refractivity contribution in [3.05, 3.63) is 65.2 Å². The van der Waals surface area contributed by atoms with Crippen LogP contribution in [-0.4, -0.2) is 19.6 Å². The van der Waals surface area contributed by atoms with E-state index in [2.05, 4.69) is 12.2 Å². The largest absolute Gasteiger partial charge is 0.493 e. The lowest BCUT2D eigenvalue weighted by Crippen LogP contribution is -2.23. The number of benzene rings is 2. The number of nitrogens with one attached hydrogen (secondary N) is 1. The maximum atomic E-state index is 12.3. The highest BCUT2D eigenvalue weighted by atomic mass is 16.5. The summed E-state index contributed by atoms with van der Waals surface area (Å²) in [6, 6.07) is 16.9. The number of nitrogens with zero attached hydrogens (tertiary/aromatic N) is 1. The molecule has 5 heteroatoms. The minimum atomic E-state index is -0.411. The number of hydrogen-bond acceptors (Lipinski definition) is 4. The van der Waals surface area contributed by atoms with E-state index >= 15 is 0 Å². The minimum absolute atomic E-state index is 0.0382. The summed E-state index contributed by atoms with van der Waals surface area (Å²) >= 11 is 0. The molecule has 0 atom stereocenters. The first-order chi connectivity index (χ1) is 14.2. The molecular formula is C24H28N2O3. The normalized spacial score (nSPS) is 10.9. The number of nitriles is 1. The third-order valence-corrected chi connectivity index (χ3v) is 4.42. The number of hydrogen-bond donors (Lipinski definition) is 1. The van der Waals surface area contributed by atoms with Crippen molar-refractivity contribution in [3.63, 3.8) is 0 Å². The van der Waals surface area contributed by atoms with Gasteiger partial charge in [0.15, 0.2) is 11.5 Å². The Bertz CT molecular complexity index is 854. The van der Waals surface area contributed by atoms with Gasteiger partial charge in [-0.05, 0) is 35.8 Å². The Morgan fingerprint density at radius 3 is 2.59 bits per heavy atom. The van der Waals surface area contributed by atoms with E-state index in [-0.39, 0.29) is 5.57 Å². The molecule has 0 aliphatic carbocycles. The molecule has 0 fully saturated rings. The van der Waals surface area contributed by atoms with E-state index in [1.807, 2.05) is 42.5 Å². The Labute approximate surface area is 173 Å². The van der Waals surface area contributed by atoms with Gasteiger partial charge in [0.05, 0.1) is 13.7 Å². The molecule has 0 heterocycles. The first-order valence-corrected chi connectivity index (χ1v) is 9.92. The number of methoxy groups -OCH3 is 1. The van der Waals surface area contributed by atoms with Gasteiger partial charge >= 0.3 is 0 Å². The van der Waals surface area contributed by atoms with Crippen LogP contribution in [0.2, 0.25) is 0 Å². The maximum absolute atomic E-state index is 12.3. The molecule has 5 nitrogen and oxygen atoms in total. The zero-order chi connectivity index (χ0) is 20.9. The molecule has 0 saturated heterocycles. The van der Waals surface area contributed by atoms with Gasteiger partial charge in [-0.3, -0.25) is 4.79 Å². The highest BCUT2D eigenvalue weighted by molar-refractivity contribution is 6.01. The van der Waals surface area contributed by atoms with E-state index in [1.165, 1.54) is 12.8 Å². The molecule has 0 aliphatic heterocycles. The number of unbranched alkanes of at least 4 members (excludes halogenated alkanes) is 3. The van der Waals surface area contributed by atoms with Crippen molar-refractivity contribution < 1.29 is 14.3 Å². The Kier molecular flexibility index (Phi) is 9.31. The Morgan fingerprint density at radius 2 is 1.90 bits per heavy atom. The molecule has 2 rings (SSSR count). The fourth-order valence-electron chi connectivity index (χ4n) is 2.79. The summed E-state index contributed by atoms with van der Waals surface area (Å²) in [6.45, 7) is 3.18. The van der Waals surface area contributed by atoms with E-state index in [4.69, 9.17) is 9.47 Å². The quantitative estimate of drug-likeness (QED) is 0.336. The van der Waals surface area contributed by atoms with Gasteiger partial charge in [0.1, 0.15) is 11.6 Å². The van der Waals surface area contributed by atoms with Gasteiger partial charge in [-0.2, -0.15) is 5.26 Å². The summed E-state index contributed by atoms with van der Waals surface area (Å²) in [5, 5.41) is 12.2. The van der Waals surface area contributed by atoms with Crippen molar-refractivity contribution in [2.24, 2.45) is 0 Å². The molecule has 1 amide bonds. The van der Waals surface area contributed by atoms with Gasteiger partial charge in [-0.1, -0.05) is 62.6 Å². The van der Waals surface area contributed by atoms with E-state index in [0.717, 1.165) is 18.4 Å². The second-order valence-electron chi connectivity index (χ2n) is 6.66. The summed E-state index contributed by atoms with van der Waals surface area (Å²) in [6.07, 6.45) is 6.08. The second kappa shape index (κ2) is 12.2. The lowest BCUT2D eigenvalue weighted by atomic mass is 10.1. The monoisotopic (exact) mass is 392 g/mol. The highest BCUT2D eigenvalue weighted by Gasteiger charge is 2.10. The molecule has 29 heavy (non-hydrogen) atoms. The van der Waals surface area contributed by atoms with Gasteiger partial charge < -0.3 is 14.8 Å². The van der Waals surface area contributed by atoms with E-state index in [9.17, 15) is 10.1 Å². The molecule has 2 aromatic rings. The molecule has 152 valence electrons. The summed E-state index contributed by atoms with van der Waals surface area (Å²) < 4.78 is 11.2. The Balaban J connectivity index is 2.02. The van der Waals surface area contributed by atoms with Crippen molar-refractivity contribution >= 4 is 12.0 Å². The Morgan fingerprint density at radius 1 is 1.10 bits per heavy atom. The van der Waals surface area contributed by atoms with E-state index in [1.54, 1.807) is 25.3 Å². The minimum Gasteiger partial charge on any atom is -0.493 e. The average Bonchev–Trinajstić information content (AvgIpc) is 2.76. The van der Waals surface area contributed by atoms with Gasteiger partial charge in [0, 0.05) is 6.54 Å². The first-order valence-electron chi connectivity index (χ1n) is 9.92. The smallest absolute Gasteiger partial charge is 0.262 e. The van der Waals surface area contributed by atoms with Crippen LogP contribution in [-0.2, 0) is 11.3 Å². The van der Waals surface area contributed by atoms with Crippen LogP contribution in [0.25, 0.3) is 6.08 Å². The molecule has 0 aromatic heterocycles. The summed E-state index contributed by atoms with van der Waals surface area (Å²) in [4.78, 5) is 12.3. The predicted molar refractivity (Wildman–Crippen MR) is 115 cm³/mol. The van der Waals surface area contributed by atoms with Crippen molar-refractivity contribution in [3.8, 4) is 17.6 Å². The SMILES string of the molecule is CCCCCCOc1ccc(C=C(C#N)C(=O)NCc2ccccc2)cc1OC. The van der Waals surface area contributed by atoms with Crippen molar-refractivity contribution in [2.45, 2.75) is 39.2 Å². The molecule has 0 spiro atoms. The molecule has 0 saturated carbocycles. The van der Waals surface area contributed by atoms with Crippen LogP contribution < -0.4 is 14.8 Å². The zero-order valence-electron chi connectivity index (χ0n) is 17.1. The lowest BCUT2D eigenvalue weighted by Gasteiger charge is -2.11. The van der Waals surface area contributed by atoms with E-state index in [0.29, 0.717) is 30.2 Å². The fourth-order valence-corrected chi connectivity index (χ4v) is 2.79. The van der Waals surface area contributed by atoms with Crippen LogP contribution in [0.5, 0.6) is 11.5 Å². The molecule has 2 aromatic carbocycles. The van der Waals surface area contributed by atoms with Crippen LogP contribution in [0.15, 0.2) is 54.1 Å². The molecule has 0 aliphatic rings. The second-order valence-corrected chi connectivity index (χ2v) is 6.66. The van der Waals surface area contributed by atoms with Crippen LogP contribution in [0.4, 0.5) is 0 Å². The standard InChI is InChI=1S/C24H28N2O3/c1-3-4-5-9-14-29-22-13-12-20(16-23(22)28-2)15-21(17-25)24(27)26-18-19-10-7-6-8-11-19/h6-8,10-13,15-16H,3-5,9,14,18H2,1-2H3,(H,26,27). The van der Waals surface area contributed by atoms with Crippen LogP contribution >= 0.6 is 0 Å². The molecule has 0 unspecified atom stereocenters. The maximum Gasteiger partial charge on any atom is 0.262 e. The van der Waals surface area contributed by atoms with Crippen molar-refractivity contribution in [2.75, 3.05) is 13.7 Å². The lowest BCUT2D eigenvalue weighted by molar-refractivity contribution is -0.117. The molecule has 1 N–H and O–H groups in total. The first kappa shape index (κ1) is 22.0. The zero-order valence-corrected chi connectivity index (χ0v) is 17.1. The van der Waals surface area contributed by atoms with Crippen molar-refractivity contribution in [1.29, 1.82) is 5.26 Å². The van der Waals surface area contributed by atoms with Crippen LogP contribution in [0.1, 0.15) is 43.7 Å². The van der Waals surface area contributed by atoms with Crippen LogP contribution in [0, 0.1) is 11.3 Å². The van der Waals surface area contributed by atoms with E-state index < -0.39 is 5.91 Å². The third kappa shape index (κ3) is 7.34. The topological polar surface area (TPSA) is 71.3 Å². The average molecular weight is 392 g/mol. The summed E-state index contributed by atoms with van der Waals surface area (Å²) in [5.41, 5.74) is 1.71. The predicted octanol–water partition coefficient (Wildman–Crippen LogP) is 4.88. The fraction of sp³-hybridized carbons (Fsp3) is 0.333. The highest BCUT2D eigenvalue weighted by Crippen LogP contribution is 2.29. The Hall–Kier alpha value is -3.26. The molecule has 0 radical (unpaired) electrons. The van der Waals surface area contributed by atoms with Gasteiger partial charge in [-0.25, -0.2) is 0 Å². The third-order valence-electron chi connectivity index (χ3n) is 4.42. The van der Waals surface area contributed by atoms with Crippen molar-refractivity contribution in [1.82, 2.24) is 5.32 Å². The van der Waals surface area contributed by atoms with Gasteiger partial charge in [-0.15, -0.1) is 0 Å². The van der Waals surface area contributed by atoms with Gasteiger partial charge in [0.2, 0.25) is 0 Å². The number of carbonyl (C=O) groups excluding carboxylic acids is 1.